The Labute approximate surface area is 191 Å². The number of carbonyl (C=O) groups is 1. The fraction of sp³-hybridized carbons (Fsp3) is 0.208. The Morgan fingerprint density at radius 3 is 2.50 bits per heavy atom. The van der Waals surface area contributed by atoms with Crippen LogP contribution in [0.1, 0.15) is 25.0 Å². The van der Waals surface area contributed by atoms with E-state index < -0.39 is 15.1 Å². The number of sulfone groups is 1. The summed E-state index contributed by atoms with van der Waals surface area (Å²) in [6.45, 7) is 5.26. The summed E-state index contributed by atoms with van der Waals surface area (Å²) in [7, 11) is -3.33. The monoisotopic (exact) mass is 465 g/mol. The number of nitrogens with zero attached hydrogens (tertiary/aromatic N) is 2. The van der Waals surface area contributed by atoms with Crippen molar-refractivity contribution in [3.8, 4) is 10.6 Å². The number of carbonyl (C=O) groups excluding carboxylic acids is 1. The van der Waals surface area contributed by atoms with Gasteiger partial charge in [-0.2, -0.15) is 0 Å². The number of pyridine rings is 1. The van der Waals surface area contributed by atoms with Crippen LogP contribution in [0.15, 0.2) is 65.7 Å². The molecular weight excluding hydrogens is 442 g/mol. The average molecular weight is 466 g/mol. The van der Waals surface area contributed by atoms with Crippen LogP contribution in [0.4, 0.5) is 5.69 Å². The van der Waals surface area contributed by atoms with Crippen molar-refractivity contribution >= 4 is 43.1 Å². The molecule has 0 aliphatic heterocycles. The van der Waals surface area contributed by atoms with Gasteiger partial charge in [-0.15, -0.1) is 0 Å². The van der Waals surface area contributed by atoms with E-state index in [1.54, 1.807) is 44.3 Å². The summed E-state index contributed by atoms with van der Waals surface area (Å²) in [4.78, 5) is 22.8. The molecule has 2 aromatic heterocycles. The molecule has 8 heteroatoms. The lowest BCUT2D eigenvalue weighted by Gasteiger charge is -2.12. The first kappa shape index (κ1) is 22.1. The quantitative estimate of drug-likeness (QED) is 0.431. The second kappa shape index (κ2) is 8.80. The maximum Gasteiger partial charge on any atom is 0.228 e. The second-order valence-corrected chi connectivity index (χ2v) is 11.3. The van der Waals surface area contributed by atoms with Gasteiger partial charge in [0, 0.05) is 17.4 Å². The van der Waals surface area contributed by atoms with E-state index in [0.717, 1.165) is 37.7 Å². The number of fused-ring (bicyclic) bond motifs is 1. The highest BCUT2D eigenvalue weighted by Crippen LogP contribution is 2.33. The van der Waals surface area contributed by atoms with Crippen molar-refractivity contribution < 1.29 is 13.2 Å². The summed E-state index contributed by atoms with van der Waals surface area (Å²) < 4.78 is 24.5. The minimum Gasteiger partial charge on any atom is -0.326 e. The summed E-state index contributed by atoms with van der Waals surface area (Å²) in [6, 6.07) is 16.0. The average Bonchev–Trinajstić information content (AvgIpc) is 3.19. The van der Waals surface area contributed by atoms with Crippen LogP contribution in [-0.4, -0.2) is 29.5 Å². The lowest BCUT2D eigenvalue weighted by molar-refractivity contribution is -0.115. The number of amides is 1. The minimum absolute atomic E-state index is 0.150. The molecule has 0 bridgehead atoms. The maximum atomic E-state index is 12.7. The van der Waals surface area contributed by atoms with Crippen molar-refractivity contribution in [1.82, 2.24) is 9.97 Å². The summed E-state index contributed by atoms with van der Waals surface area (Å²) in [5.74, 6) is -0.171. The van der Waals surface area contributed by atoms with Gasteiger partial charge in [-0.05, 0) is 62.2 Å². The molecule has 0 unspecified atom stereocenters. The minimum atomic E-state index is -3.33. The standard InChI is InChI=1S/C24H23N3O3S2/c1-15(2)32(29,30)18-11-9-17(10-12-18)14-22(28)26-20-7-4-6-19(16(20)3)23-27-21-8-5-13-25-24(21)31-23/h4-13,15H,14H2,1-3H3,(H,26,28). The topological polar surface area (TPSA) is 89.0 Å². The molecule has 0 saturated carbocycles. The van der Waals surface area contributed by atoms with Gasteiger partial charge in [0.15, 0.2) is 9.84 Å². The van der Waals surface area contributed by atoms with Gasteiger partial charge in [-0.3, -0.25) is 4.79 Å². The van der Waals surface area contributed by atoms with Crippen LogP contribution in [0.2, 0.25) is 0 Å². The van der Waals surface area contributed by atoms with Crippen LogP contribution in [0, 0.1) is 6.92 Å². The highest BCUT2D eigenvalue weighted by atomic mass is 32.2. The first-order valence-corrected chi connectivity index (χ1v) is 12.6. The van der Waals surface area contributed by atoms with Gasteiger partial charge in [0.05, 0.1) is 16.6 Å². The Hall–Kier alpha value is -3.10. The van der Waals surface area contributed by atoms with E-state index in [-0.39, 0.29) is 17.2 Å². The van der Waals surface area contributed by atoms with Gasteiger partial charge in [0.2, 0.25) is 5.91 Å². The molecule has 164 valence electrons. The molecule has 4 aromatic rings. The zero-order chi connectivity index (χ0) is 22.9. The third kappa shape index (κ3) is 4.42. The predicted octanol–water partition coefficient (Wildman–Crippen LogP) is 5.03. The first-order chi connectivity index (χ1) is 15.3. The third-order valence-electron chi connectivity index (χ3n) is 5.24. The number of rotatable bonds is 6. The van der Waals surface area contributed by atoms with Crippen molar-refractivity contribution in [2.24, 2.45) is 0 Å². The van der Waals surface area contributed by atoms with Gasteiger partial charge < -0.3 is 5.32 Å². The molecule has 0 aliphatic rings. The van der Waals surface area contributed by atoms with E-state index in [1.807, 2.05) is 37.3 Å². The molecule has 0 spiro atoms. The van der Waals surface area contributed by atoms with E-state index in [0.29, 0.717) is 0 Å². The Balaban J connectivity index is 1.51. The molecule has 0 fully saturated rings. The highest BCUT2D eigenvalue weighted by molar-refractivity contribution is 7.92. The van der Waals surface area contributed by atoms with Gasteiger partial charge >= 0.3 is 0 Å². The van der Waals surface area contributed by atoms with E-state index in [1.165, 1.54) is 11.3 Å². The molecule has 6 nitrogen and oxygen atoms in total. The molecule has 0 atom stereocenters. The van der Waals surface area contributed by atoms with E-state index >= 15 is 0 Å². The van der Waals surface area contributed by atoms with E-state index in [2.05, 4.69) is 15.3 Å². The summed E-state index contributed by atoms with van der Waals surface area (Å²) in [5.41, 5.74) is 4.20. The summed E-state index contributed by atoms with van der Waals surface area (Å²) in [5, 5.41) is 3.34. The Morgan fingerprint density at radius 1 is 1.06 bits per heavy atom. The van der Waals surface area contributed by atoms with Crippen molar-refractivity contribution in [2.75, 3.05) is 5.32 Å². The van der Waals surface area contributed by atoms with Crippen LogP contribution in [0.3, 0.4) is 0 Å². The van der Waals surface area contributed by atoms with E-state index in [4.69, 9.17) is 0 Å². The van der Waals surface area contributed by atoms with Crippen molar-refractivity contribution in [3.05, 3.63) is 71.9 Å². The number of thiazole rings is 1. The molecule has 4 rings (SSSR count). The van der Waals surface area contributed by atoms with Crippen molar-refractivity contribution in [3.63, 3.8) is 0 Å². The Bertz CT molecular complexity index is 1360. The van der Waals surface area contributed by atoms with Crippen molar-refractivity contribution in [1.29, 1.82) is 0 Å². The number of benzene rings is 2. The first-order valence-electron chi connectivity index (χ1n) is 10.2. The predicted molar refractivity (Wildman–Crippen MR) is 129 cm³/mol. The molecule has 2 heterocycles. The summed E-state index contributed by atoms with van der Waals surface area (Å²) in [6.07, 6.45) is 1.90. The number of hydrogen-bond donors (Lipinski definition) is 1. The molecule has 0 radical (unpaired) electrons. The number of aromatic nitrogens is 2. The molecule has 2 aromatic carbocycles. The number of hydrogen-bond acceptors (Lipinski definition) is 6. The third-order valence-corrected chi connectivity index (χ3v) is 8.42. The van der Waals surface area contributed by atoms with Crippen LogP contribution in [0.5, 0.6) is 0 Å². The van der Waals surface area contributed by atoms with Gasteiger partial charge in [-0.1, -0.05) is 35.6 Å². The van der Waals surface area contributed by atoms with Gasteiger partial charge in [-0.25, -0.2) is 18.4 Å². The second-order valence-electron chi connectivity index (χ2n) is 7.79. The normalized spacial score (nSPS) is 11.8. The van der Waals surface area contributed by atoms with Crippen LogP contribution >= 0.6 is 11.3 Å². The van der Waals surface area contributed by atoms with Crippen molar-refractivity contribution in [2.45, 2.75) is 37.3 Å². The fourth-order valence-corrected chi connectivity index (χ4v) is 5.39. The zero-order valence-electron chi connectivity index (χ0n) is 18.0. The van der Waals surface area contributed by atoms with Crippen LogP contribution < -0.4 is 5.32 Å². The van der Waals surface area contributed by atoms with Crippen LogP contribution in [-0.2, 0) is 21.1 Å². The maximum absolute atomic E-state index is 12.7. The Kier molecular flexibility index (Phi) is 6.08. The molecular formula is C24H23N3O3S2. The SMILES string of the molecule is Cc1c(NC(=O)Cc2ccc(S(=O)(=O)C(C)C)cc2)cccc1-c1nc2cccnc2s1. The lowest BCUT2D eigenvalue weighted by atomic mass is 10.1. The van der Waals surface area contributed by atoms with Gasteiger partial charge in [0.25, 0.3) is 0 Å². The van der Waals surface area contributed by atoms with E-state index in [9.17, 15) is 13.2 Å². The highest BCUT2D eigenvalue weighted by Gasteiger charge is 2.19. The number of nitrogens with one attached hydrogen (secondary N) is 1. The molecule has 1 amide bonds. The fourth-order valence-electron chi connectivity index (χ4n) is 3.34. The zero-order valence-corrected chi connectivity index (χ0v) is 19.6. The molecule has 32 heavy (non-hydrogen) atoms. The number of anilines is 1. The molecule has 0 saturated heterocycles. The smallest absolute Gasteiger partial charge is 0.228 e. The Morgan fingerprint density at radius 2 is 1.81 bits per heavy atom. The van der Waals surface area contributed by atoms with Gasteiger partial charge in [0.1, 0.15) is 15.4 Å². The summed E-state index contributed by atoms with van der Waals surface area (Å²) >= 11 is 1.52. The molecule has 1 N–H and O–H groups in total. The largest absolute Gasteiger partial charge is 0.326 e. The van der Waals surface area contributed by atoms with Crippen LogP contribution in [0.25, 0.3) is 20.9 Å². The molecule has 0 aliphatic carbocycles. The lowest BCUT2D eigenvalue weighted by Crippen LogP contribution is -2.16.